The number of thiophene rings is 1. The maximum atomic E-state index is 11.9. The molecule has 0 saturated carbocycles. The smallest absolute Gasteiger partial charge is 0.353 e. The van der Waals surface area contributed by atoms with E-state index in [0.29, 0.717) is 21.3 Å². The Hall–Kier alpha value is -2.94. The normalized spacial score (nSPS) is 12.6. The van der Waals surface area contributed by atoms with Crippen molar-refractivity contribution in [3.63, 3.8) is 0 Å². The fourth-order valence-corrected chi connectivity index (χ4v) is 4.47. The molecule has 0 aliphatic carbocycles. The molecule has 160 valence electrons. The third kappa shape index (κ3) is 5.61. The zero-order valence-corrected chi connectivity index (χ0v) is 19.1. The van der Waals surface area contributed by atoms with Gasteiger partial charge in [0, 0.05) is 11.1 Å². The summed E-state index contributed by atoms with van der Waals surface area (Å²) in [4.78, 5) is 18.2. The lowest BCUT2D eigenvalue weighted by Crippen LogP contribution is -2.14. The molecule has 0 aliphatic rings. The van der Waals surface area contributed by atoms with Gasteiger partial charge in [-0.2, -0.15) is 0 Å². The molecule has 3 rings (SSSR count). The summed E-state index contributed by atoms with van der Waals surface area (Å²) in [5, 5.41) is 0.447. The van der Waals surface area contributed by atoms with Crippen LogP contribution in [-0.4, -0.2) is 33.5 Å². The third-order valence-corrected chi connectivity index (χ3v) is 6.80. The molecule has 0 unspecified atom stereocenters. The Morgan fingerprint density at radius 3 is 2.55 bits per heavy atom. The molecule has 2 aromatic carbocycles. The van der Waals surface area contributed by atoms with E-state index >= 15 is 0 Å². The first-order valence-corrected chi connectivity index (χ1v) is 12.1. The number of carbonyl (C=O) groups is 1. The summed E-state index contributed by atoms with van der Waals surface area (Å²) in [6.45, 7) is 0. The number of nitrogens with zero attached hydrogens (tertiary/aromatic N) is 1. The van der Waals surface area contributed by atoms with Crippen LogP contribution >= 0.6 is 22.9 Å². The van der Waals surface area contributed by atoms with Gasteiger partial charge in [-0.05, 0) is 48.0 Å². The Morgan fingerprint density at radius 2 is 1.87 bits per heavy atom. The summed E-state index contributed by atoms with van der Waals surface area (Å²) in [7, 11) is -2.09. The number of hydrogen-bond acceptors (Lipinski definition) is 7. The summed E-state index contributed by atoms with van der Waals surface area (Å²) in [6.07, 6.45) is 2.60. The number of para-hydroxylation sites is 1. The minimum Gasteiger partial charge on any atom is -0.464 e. The second kappa shape index (κ2) is 9.47. The predicted molar refractivity (Wildman–Crippen MR) is 125 cm³/mol. The number of allylic oxidation sites excluding steroid dienone is 1. The SMILES string of the molecule is COC(=O)C(N)=CC(=Nc1ccccc1Cl)c1ccc(-c2cccc(S(C)(=O)=O)c2)s1. The van der Waals surface area contributed by atoms with Crippen molar-refractivity contribution >= 4 is 50.1 Å². The van der Waals surface area contributed by atoms with Crippen molar-refractivity contribution < 1.29 is 17.9 Å². The quantitative estimate of drug-likeness (QED) is 0.319. The molecule has 6 nitrogen and oxygen atoms in total. The summed E-state index contributed by atoms with van der Waals surface area (Å²) in [5.41, 5.74) is 7.43. The van der Waals surface area contributed by atoms with Crippen LogP contribution in [0.3, 0.4) is 0 Å². The molecule has 0 atom stereocenters. The number of hydrogen-bond donors (Lipinski definition) is 1. The highest BCUT2D eigenvalue weighted by Crippen LogP contribution is 2.32. The van der Waals surface area contributed by atoms with E-state index < -0.39 is 15.8 Å². The van der Waals surface area contributed by atoms with Crippen molar-refractivity contribution in [3.05, 3.63) is 82.3 Å². The molecule has 3 aromatic rings. The molecule has 0 radical (unpaired) electrons. The topological polar surface area (TPSA) is 98.8 Å². The van der Waals surface area contributed by atoms with Gasteiger partial charge >= 0.3 is 5.97 Å². The van der Waals surface area contributed by atoms with E-state index in [1.165, 1.54) is 30.8 Å². The summed E-state index contributed by atoms with van der Waals surface area (Å²) in [6, 6.07) is 17.4. The van der Waals surface area contributed by atoms with Crippen LogP contribution in [0, 0.1) is 0 Å². The number of benzene rings is 2. The van der Waals surface area contributed by atoms with Gasteiger partial charge in [0.25, 0.3) is 0 Å². The number of carbonyl (C=O) groups excluding carboxylic acids is 1. The molecule has 0 saturated heterocycles. The molecule has 0 amide bonds. The summed E-state index contributed by atoms with van der Waals surface area (Å²) >= 11 is 7.62. The summed E-state index contributed by atoms with van der Waals surface area (Å²) in [5.74, 6) is -0.676. The number of methoxy groups -OCH3 is 1. The zero-order valence-electron chi connectivity index (χ0n) is 16.7. The minimum absolute atomic E-state index is 0.109. The Bertz CT molecular complexity index is 1290. The molecule has 2 N–H and O–H groups in total. The molecule has 0 aliphatic heterocycles. The van der Waals surface area contributed by atoms with E-state index in [1.807, 2.05) is 18.2 Å². The zero-order chi connectivity index (χ0) is 22.6. The van der Waals surface area contributed by atoms with Gasteiger partial charge < -0.3 is 10.5 Å². The lowest BCUT2D eigenvalue weighted by molar-refractivity contribution is -0.136. The van der Waals surface area contributed by atoms with E-state index in [9.17, 15) is 13.2 Å². The standard InChI is InChI=1S/C22H19ClN2O4S2/c1-29-22(26)17(24)13-19(25-18-9-4-3-8-16(18)23)21-11-10-20(30-21)14-6-5-7-15(12-14)31(2,27)28/h3-13H,24H2,1-2H3. The van der Waals surface area contributed by atoms with Gasteiger partial charge in [-0.25, -0.2) is 18.2 Å². The minimum atomic E-state index is -3.33. The van der Waals surface area contributed by atoms with Crippen molar-refractivity contribution in [2.75, 3.05) is 13.4 Å². The first kappa shape index (κ1) is 22.7. The van der Waals surface area contributed by atoms with Gasteiger partial charge in [0.05, 0.1) is 33.3 Å². The lowest BCUT2D eigenvalue weighted by Gasteiger charge is -2.04. The Labute approximate surface area is 189 Å². The average molecular weight is 475 g/mol. The van der Waals surface area contributed by atoms with Crippen molar-refractivity contribution in [1.82, 2.24) is 0 Å². The fourth-order valence-electron chi connectivity index (χ4n) is 2.67. The molecule has 0 bridgehead atoms. The van der Waals surface area contributed by atoms with Gasteiger partial charge in [0.15, 0.2) is 9.84 Å². The van der Waals surface area contributed by atoms with Crippen molar-refractivity contribution in [2.45, 2.75) is 4.90 Å². The van der Waals surface area contributed by atoms with Crippen LogP contribution in [0.1, 0.15) is 4.88 Å². The van der Waals surface area contributed by atoms with Gasteiger partial charge in [-0.15, -0.1) is 11.3 Å². The fraction of sp³-hybridized carbons (Fsp3) is 0.0909. The van der Waals surface area contributed by atoms with Gasteiger partial charge in [-0.1, -0.05) is 35.9 Å². The number of aliphatic imine (C=N–C) groups is 1. The molecule has 0 spiro atoms. The van der Waals surface area contributed by atoms with Crippen LogP contribution in [-0.2, 0) is 19.4 Å². The van der Waals surface area contributed by atoms with Crippen LogP contribution in [0.2, 0.25) is 5.02 Å². The van der Waals surface area contributed by atoms with E-state index in [-0.39, 0.29) is 10.6 Å². The van der Waals surface area contributed by atoms with Crippen molar-refractivity contribution in [1.29, 1.82) is 0 Å². The number of ether oxygens (including phenoxy) is 1. The molecule has 1 heterocycles. The van der Waals surface area contributed by atoms with Crippen LogP contribution < -0.4 is 5.73 Å². The highest BCUT2D eigenvalue weighted by molar-refractivity contribution is 7.90. The number of rotatable bonds is 6. The van der Waals surface area contributed by atoms with Crippen LogP contribution in [0.15, 0.2) is 82.3 Å². The number of esters is 1. The molecule has 31 heavy (non-hydrogen) atoms. The maximum absolute atomic E-state index is 11.9. The predicted octanol–water partition coefficient (Wildman–Crippen LogP) is 4.61. The molecular weight excluding hydrogens is 456 g/mol. The van der Waals surface area contributed by atoms with Crippen LogP contribution in [0.4, 0.5) is 5.69 Å². The second-order valence-electron chi connectivity index (χ2n) is 6.50. The van der Waals surface area contributed by atoms with Crippen LogP contribution in [0.25, 0.3) is 10.4 Å². The first-order chi connectivity index (χ1) is 14.7. The van der Waals surface area contributed by atoms with E-state index in [1.54, 1.807) is 42.5 Å². The molecule has 0 fully saturated rings. The van der Waals surface area contributed by atoms with E-state index in [4.69, 9.17) is 17.3 Å². The Morgan fingerprint density at radius 1 is 1.13 bits per heavy atom. The average Bonchev–Trinajstić information content (AvgIpc) is 3.24. The van der Waals surface area contributed by atoms with E-state index in [0.717, 1.165) is 10.4 Å². The first-order valence-electron chi connectivity index (χ1n) is 8.98. The van der Waals surface area contributed by atoms with Crippen molar-refractivity contribution in [2.24, 2.45) is 10.7 Å². The van der Waals surface area contributed by atoms with Crippen LogP contribution in [0.5, 0.6) is 0 Å². The van der Waals surface area contributed by atoms with Gasteiger partial charge in [0.2, 0.25) is 0 Å². The highest BCUT2D eigenvalue weighted by Gasteiger charge is 2.14. The Kier molecular flexibility index (Phi) is 6.94. The third-order valence-electron chi connectivity index (χ3n) is 4.21. The molecule has 9 heteroatoms. The van der Waals surface area contributed by atoms with Gasteiger partial charge in [-0.3, -0.25) is 0 Å². The van der Waals surface area contributed by atoms with Gasteiger partial charge in [0.1, 0.15) is 5.70 Å². The highest BCUT2D eigenvalue weighted by atomic mass is 35.5. The largest absolute Gasteiger partial charge is 0.464 e. The molecule has 1 aromatic heterocycles. The maximum Gasteiger partial charge on any atom is 0.353 e. The second-order valence-corrected chi connectivity index (χ2v) is 10.0. The lowest BCUT2D eigenvalue weighted by atomic mass is 10.2. The number of nitrogens with two attached hydrogens (primary N) is 1. The van der Waals surface area contributed by atoms with E-state index in [2.05, 4.69) is 9.73 Å². The molecular formula is C22H19ClN2O4S2. The monoisotopic (exact) mass is 474 g/mol. The van der Waals surface area contributed by atoms with Crippen molar-refractivity contribution in [3.8, 4) is 10.4 Å². The number of sulfone groups is 1. The number of halogens is 1. The Balaban J connectivity index is 2.09. The summed E-state index contributed by atoms with van der Waals surface area (Å²) < 4.78 is 28.4.